The van der Waals surface area contributed by atoms with E-state index in [0.29, 0.717) is 6.42 Å². The number of nitrogens with one attached hydrogen (secondary N) is 3. The van der Waals surface area contributed by atoms with Gasteiger partial charge in [-0.2, -0.15) is 0 Å². The molecule has 4 atom stereocenters. The van der Waals surface area contributed by atoms with Gasteiger partial charge in [-0.25, -0.2) is 0 Å². The third-order valence-corrected chi connectivity index (χ3v) is 6.26. The van der Waals surface area contributed by atoms with Gasteiger partial charge in [0.1, 0.15) is 23.7 Å². The van der Waals surface area contributed by atoms with Crippen LogP contribution in [0.3, 0.4) is 0 Å². The highest BCUT2D eigenvalue weighted by Crippen LogP contribution is 2.30. The van der Waals surface area contributed by atoms with Gasteiger partial charge in [0.2, 0.25) is 17.7 Å². The standard InChI is InChI=1S/C23H31N7O6/c1-13-18(33)27-15(8-5-9-26-22(24)25)19(34)28-16(10-17(31)32)20(35)29-23(12-30(13)21(23)36)11-14-6-3-2-4-7-14/h2-4,6-7,13,15-16H,5,8-12H2,1H3,(H,27,33)(H,28,34)(H,29,35)(H,31,32)(H4,24,25,26)/t13-,15+,16+,23+/m1/s1. The molecule has 13 nitrogen and oxygen atoms in total. The second kappa shape index (κ2) is 11.1. The molecule has 0 aliphatic carbocycles. The summed E-state index contributed by atoms with van der Waals surface area (Å²) in [5.74, 6) is -3.98. The Balaban J connectivity index is 1.89. The van der Waals surface area contributed by atoms with Crippen LogP contribution in [0.5, 0.6) is 0 Å². The normalized spacial score (nSPS) is 26.4. The molecule has 3 aliphatic rings. The third kappa shape index (κ3) is 6.09. The van der Waals surface area contributed by atoms with Crippen LogP contribution in [-0.2, 0) is 30.4 Å². The molecule has 0 spiro atoms. The minimum atomic E-state index is -1.46. The molecule has 0 saturated carbocycles. The van der Waals surface area contributed by atoms with E-state index in [9.17, 15) is 29.1 Å². The summed E-state index contributed by atoms with van der Waals surface area (Å²) >= 11 is 0. The van der Waals surface area contributed by atoms with Gasteiger partial charge in [-0.15, -0.1) is 0 Å². The van der Waals surface area contributed by atoms with Crippen LogP contribution in [0, 0.1) is 0 Å². The van der Waals surface area contributed by atoms with Gasteiger partial charge in [-0.1, -0.05) is 30.3 Å². The fraction of sp³-hybridized carbons (Fsp3) is 0.478. The monoisotopic (exact) mass is 501 g/mol. The lowest BCUT2D eigenvalue weighted by Crippen LogP contribution is -2.79. The van der Waals surface area contributed by atoms with Crippen LogP contribution < -0.4 is 27.4 Å². The third-order valence-electron chi connectivity index (χ3n) is 6.26. The average Bonchev–Trinajstić information content (AvgIpc) is 2.82. The smallest absolute Gasteiger partial charge is 0.305 e. The number of aliphatic carboxylic acids is 1. The number of nitrogens with zero attached hydrogens (tertiary/aromatic N) is 2. The summed E-state index contributed by atoms with van der Waals surface area (Å²) in [6.45, 7) is 1.78. The fourth-order valence-corrected chi connectivity index (χ4v) is 4.33. The van der Waals surface area contributed by atoms with Crippen molar-refractivity contribution in [3.05, 3.63) is 35.9 Å². The second-order valence-corrected chi connectivity index (χ2v) is 9.01. The molecule has 13 heteroatoms. The zero-order valence-corrected chi connectivity index (χ0v) is 19.9. The molecule has 1 aromatic rings. The highest BCUT2D eigenvalue weighted by molar-refractivity contribution is 6.03. The maximum Gasteiger partial charge on any atom is 0.305 e. The van der Waals surface area contributed by atoms with Crippen LogP contribution in [0.4, 0.5) is 0 Å². The van der Waals surface area contributed by atoms with Gasteiger partial charge in [0, 0.05) is 13.0 Å². The molecule has 0 unspecified atom stereocenters. The first kappa shape index (κ1) is 26.4. The lowest BCUT2D eigenvalue weighted by atomic mass is 9.80. The van der Waals surface area contributed by atoms with Crippen molar-refractivity contribution < 1.29 is 29.1 Å². The molecule has 4 rings (SSSR count). The Hall–Kier alpha value is -4.16. The number of carbonyl (C=O) groups excluding carboxylic acids is 4. The Kier molecular flexibility index (Phi) is 8.12. The summed E-state index contributed by atoms with van der Waals surface area (Å²) in [4.78, 5) is 69.1. The predicted octanol–water partition coefficient (Wildman–Crippen LogP) is -2.17. The van der Waals surface area contributed by atoms with Crippen molar-refractivity contribution in [2.75, 3.05) is 13.1 Å². The van der Waals surface area contributed by atoms with Gasteiger partial charge in [0.05, 0.1) is 13.0 Å². The van der Waals surface area contributed by atoms with E-state index in [1.54, 1.807) is 24.3 Å². The van der Waals surface area contributed by atoms with Crippen LogP contribution in [0.25, 0.3) is 0 Å². The molecule has 8 N–H and O–H groups in total. The van der Waals surface area contributed by atoms with Crippen LogP contribution >= 0.6 is 0 Å². The van der Waals surface area contributed by atoms with Crippen molar-refractivity contribution in [2.45, 2.75) is 56.3 Å². The van der Waals surface area contributed by atoms with Gasteiger partial charge in [0.25, 0.3) is 5.91 Å². The summed E-state index contributed by atoms with van der Waals surface area (Å²) < 4.78 is 0. The van der Waals surface area contributed by atoms with Crippen molar-refractivity contribution in [1.29, 1.82) is 0 Å². The van der Waals surface area contributed by atoms with Gasteiger partial charge in [-0.05, 0) is 25.3 Å². The van der Waals surface area contributed by atoms with E-state index in [0.717, 1.165) is 5.56 Å². The predicted molar refractivity (Wildman–Crippen MR) is 128 cm³/mol. The van der Waals surface area contributed by atoms with Crippen LogP contribution in [0.1, 0.15) is 31.7 Å². The van der Waals surface area contributed by atoms with Crippen molar-refractivity contribution in [3.63, 3.8) is 0 Å². The molecular formula is C23H31N7O6. The number of carboxylic acids is 1. The van der Waals surface area contributed by atoms with Crippen LogP contribution in [0.15, 0.2) is 35.3 Å². The van der Waals surface area contributed by atoms with E-state index in [1.165, 1.54) is 11.8 Å². The number of nitrogens with two attached hydrogens (primary N) is 2. The molecule has 2 bridgehead atoms. The van der Waals surface area contributed by atoms with Crippen molar-refractivity contribution in [3.8, 4) is 0 Å². The zero-order valence-electron chi connectivity index (χ0n) is 19.9. The highest BCUT2D eigenvalue weighted by atomic mass is 16.4. The van der Waals surface area contributed by atoms with Crippen LogP contribution in [-0.4, -0.2) is 82.3 Å². The summed E-state index contributed by atoms with van der Waals surface area (Å²) in [6, 6.07) is 5.54. The number of hydrogen-bond acceptors (Lipinski definition) is 6. The van der Waals surface area contributed by atoms with E-state index in [1.807, 2.05) is 6.07 Å². The molecular weight excluding hydrogens is 470 g/mol. The lowest BCUT2D eigenvalue weighted by Gasteiger charge is -2.51. The summed E-state index contributed by atoms with van der Waals surface area (Å²) in [5, 5.41) is 17.1. The van der Waals surface area contributed by atoms with E-state index in [-0.39, 0.29) is 31.9 Å². The van der Waals surface area contributed by atoms with Crippen LogP contribution in [0.2, 0.25) is 0 Å². The fourth-order valence-electron chi connectivity index (χ4n) is 4.33. The first-order valence-electron chi connectivity index (χ1n) is 11.6. The van der Waals surface area contributed by atoms with Gasteiger partial charge >= 0.3 is 5.97 Å². The average molecular weight is 502 g/mol. The molecule has 194 valence electrons. The molecule has 36 heavy (non-hydrogen) atoms. The maximum absolute atomic E-state index is 13.3. The topological polar surface area (TPSA) is 209 Å². The van der Waals surface area contributed by atoms with Crippen molar-refractivity contribution >= 4 is 35.6 Å². The van der Waals surface area contributed by atoms with Crippen molar-refractivity contribution in [2.24, 2.45) is 16.5 Å². The number of β-lactam (4-membered cyclic amide) rings is 1. The minimum Gasteiger partial charge on any atom is -0.481 e. The maximum atomic E-state index is 13.3. The molecule has 1 aromatic carbocycles. The molecule has 0 aromatic heterocycles. The Bertz CT molecular complexity index is 1060. The van der Waals surface area contributed by atoms with Gasteiger partial charge in [-0.3, -0.25) is 29.0 Å². The highest BCUT2D eigenvalue weighted by Gasteiger charge is 2.56. The summed E-state index contributed by atoms with van der Waals surface area (Å²) in [6.07, 6.45) is -0.121. The number of rotatable bonds is 8. The Morgan fingerprint density at radius 2 is 1.75 bits per heavy atom. The van der Waals surface area contributed by atoms with E-state index in [2.05, 4.69) is 20.9 Å². The SMILES string of the molecule is C[C@@H]1C(=O)N[C@@H](CCCN=C(N)N)C(=O)N[C@@H](CC(=O)O)C(=O)N[C@@]2(Cc3ccccc3)CN1C2=O. The number of amides is 4. The molecule has 3 fully saturated rings. The first-order valence-corrected chi connectivity index (χ1v) is 11.6. The minimum absolute atomic E-state index is 0.0456. The summed E-state index contributed by atoms with van der Waals surface area (Å²) in [7, 11) is 0. The van der Waals surface area contributed by atoms with E-state index >= 15 is 0 Å². The number of guanidine groups is 1. The largest absolute Gasteiger partial charge is 0.481 e. The molecule has 3 aliphatic heterocycles. The van der Waals surface area contributed by atoms with E-state index < -0.39 is 59.7 Å². The molecule has 3 saturated heterocycles. The second-order valence-electron chi connectivity index (χ2n) is 9.01. The van der Waals surface area contributed by atoms with E-state index in [4.69, 9.17) is 11.5 Å². The Morgan fingerprint density at radius 1 is 1.08 bits per heavy atom. The Labute approximate surface area is 207 Å². The summed E-state index contributed by atoms with van der Waals surface area (Å²) in [5.41, 5.74) is 10.0. The Morgan fingerprint density at radius 3 is 2.36 bits per heavy atom. The number of aliphatic imine (C=N–C) groups is 1. The number of fused-ring (bicyclic) bond motifs is 8. The quantitative estimate of drug-likeness (QED) is 0.0757. The first-order chi connectivity index (χ1) is 17.0. The number of benzene rings is 1. The molecule has 0 radical (unpaired) electrons. The zero-order chi connectivity index (χ0) is 26.5. The molecule has 3 heterocycles. The lowest BCUT2D eigenvalue weighted by molar-refractivity contribution is -0.163. The number of hydrogen-bond donors (Lipinski definition) is 6. The van der Waals surface area contributed by atoms with Gasteiger partial charge in [0.15, 0.2) is 5.96 Å². The molecule has 4 amide bonds. The number of carbonyl (C=O) groups is 5. The van der Waals surface area contributed by atoms with Crippen molar-refractivity contribution in [1.82, 2.24) is 20.9 Å². The number of carboxylic acid groups (broad SMARTS) is 1. The van der Waals surface area contributed by atoms with Gasteiger partial charge < -0.3 is 37.4 Å².